The quantitative estimate of drug-likeness (QED) is 0.177. The molecule has 0 aromatic heterocycles. The fourth-order valence-electron chi connectivity index (χ4n) is 4.06. The van der Waals surface area contributed by atoms with Crippen LogP contribution in [0.2, 0.25) is 10.0 Å². The number of carbonyl (C=O) groups is 3. The van der Waals surface area contributed by atoms with Crippen LogP contribution < -0.4 is 19.7 Å². The standard InChI is InChI=1S/C31H21Cl2FN2O5/c32-22-14-21(28(27(33)16-22)41-18-20-6-8-23(34)9-7-20)15-26-29(37)35-31(39)36(30(26)38)24-10-12-25(13-11-24)40-17-19-4-2-1-3-5-19/h1-16H,17-18H2,(H,35,37,39)/b26-15+. The number of amides is 4. The number of carbonyl (C=O) groups excluding carboxylic acids is 3. The van der Waals surface area contributed by atoms with Gasteiger partial charge < -0.3 is 9.47 Å². The number of urea groups is 1. The molecule has 0 bridgehead atoms. The van der Waals surface area contributed by atoms with Crippen molar-refractivity contribution in [2.45, 2.75) is 13.2 Å². The van der Waals surface area contributed by atoms with Crippen LogP contribution in [0.3, 0.4) is 0 Å². The molecule has 1 heterocycles. The number of anilines is 1. The average Bonchev–Trinajstić information content (AvgIpc) is 2.95. The van der Waals surface area contributed by atoms with Gasteiger partial charge in [0.05, 0.1) is 10.7 Å². The molecule has 1 aliphatic heterocycles. The SMILES string of the molecule is O=C1NC(=O)N(c2ccc(OCc3ccccc3)cc2)C(=O)/C1=C/c1cc(Cl)cc(Cl)c1OCc1ccc(F)cc1. The molecule has 4 aromatic carbocycles. The van der Waals surface area contributed by atoms with E-state index in [1.54, 1.807) is 36.4 Å². The number of barbiturate groups is 1. The second-order valence-electron chi connectivity index (χ2n) is 8.95. The number of ether oxygens (including phenoxy) is 2. The molecule has 0 saturated carbocycles. The van der Waals surface area contributed by atoms with Crippen molar-refractivity contribution in [1.82, 2.24) is 5.32 Å². The molecule has 4 amide bonds. The number of hydrogen-bond acceptors (Lipinski definition) is 5. The maximum atomic E-state index is 13.4. The summed E-state index contributed by atoms with van der Waals surface area (Å²) < 4.78 is 24.9. The maximum Gasteiger partial charge on any atom is 0.335 e. The Morgan fingerprint density at radius 3 is 2.17 bits per heavy atom. The zero-order valence-corrected chi connectivity index (χ0v) is 22.8. The highest BCUT2D eigenvalue weighted by molar-refractivity contribution is 6.40. The zero-order valence-electron chi connectivity index (χ0n) is 21.3. The van der Waals surface area contributed by atoms with Gasteiger partial charge in [0, 0.05) is 10.6 Å². The predicted molar refractivity (Wildman–Crippen MR) is 153 cm³/mol. The fraction of sp³-hybridized carbons (Fsp3) is 0.0645. The third-order valence-electron chi connectivity index (χ3n) is 6.08. The molecule has 10 heteroatoms. The summed E-state index contributed by atoms with van der Waals surface area (Å²) in [5, 5.41) is 2.56. The monoisotopic (exact) mass is 590 g/mol. The highest BCUT2D eigenvalue weighted by Crippen LogP contribution is 2.35. The Labute approximate surface area is 244 Å². The van der Waals surface area contributed by atoms with E-state index in [0.717, 1.165) is 10.5 Å². The van der Waals surface area contributed by atoms with Crippen LogP contribution in [-0.4, -0.2) is 17.8 Å². The summed E-state index contributed by atoms with van der Waals surface area (Å²) in [6.45, 7) is 0.375. The van der Waals surface area contributed by atoms with Gasteiger partial charge in [-0.3, -0.25) is 14.9 Å². The highest BCUT2D eigenvalue weighted by atomic mass is 35.5. The lowest BCUT2D eigenvalue weighted by atomic mass is 10.1. The summed E-state index contributed by atoms with van der Waals surface area (Å²) >= 11 is 12.6. The molecule has 4 aromatic rings. The van der Waals surface area contributed by atoms with Gasteiger partial charge in [-0.2, -0.15) is 0 Å². The van der Waals surface area contributed by atoms with Crippen molar-refractivity contribution in [1.29, 1.82) is 0 Å². The molecule has 0 unspecified atom stereocenters. The van der Waals surface area contributed by atoms with Gasteiger partial charge in [-0.15, -0.1) is 0 Å². The van der Waals surface area contributed by atoms with E-state index >= 15 is 0 Å². The molecule has 7 nitrogen and oxygen atoms in total. The molecule has 0 radical (unpaired) electrons. The molecular formula is C31H21Cl2FN2O5. The Bertz CT molecular complexity index is 1640. The van der Waals surface area contributed by atoms with Gasteiger partial charge >= 0.3 is 6.03 Å². The first-order chi connectivity index (χ1) is 19.8. The first-order valence-electron chi connectivity index (χ1n) is 12.3. The Morgan fingerprint density at radius 1 is 0.805 bits per heavy atom. The molecule has 0 atom stereocenters. The molecule has 5 rings (SSSR count). The lowest BCUT2D eigenvalue weighted by Crippen LogP contribution is -2.54. The number of halogens is 3. The van der Waals surface area contributed by atoms with Gasteiger partial charge in [0.15, 0.2) is 0 Å². The minimum Gasteiger partial charge on any atom is -0.489 e. The average molecular weight is 591 g/mol. The summed E-state index contributed by atoms with van der Waals surface area (Å²) in [6, 6.07) is 23.6. The van der Waals surface area contributed by atoms with Crippen LogP contribution in [0.5, 0.6) is 11.5 Å². The van der Waals surface area contributed by atoms with Crippen molar-refractivity contribution in [2.24, 2.45) is 0 Å². The summed E-state index contributed by atoms with van der Waals surface area (Å²) in [5.41, 5.74) is 1.78. The maximum absolute atomic E-state index is 13.4. The Balaban J connectivity index is 1.39. The molecule has 1 saturated heterocycles. The van der Waals surface area contributed by atoms with Gasteiger partial charge in [-0.05, 0) is 65.7 Å². The van der Waals surface area contributed by atoms with Crippen molar-refractivity contribution in [2.75, 3.05) is 4.90 Å². The van der Waals surface area contributed by atoms with Crippen LogP contribution in [0.15, 0.2) is 96.6 Å². The third kappa shape index (κ3) is 6.57. The number of imide groups is 2. The predicted octanol–water partition coefficient (Wildman–Crippen LogP) is 6.96. The Hall–Kier alpha value is -4.66. The first-order valence-corrected chi connectivity index (χ1v) is 13.1. The molecular weight excluding hydrogens is 570 g/mol. The highest BCUT2D eigenvalue weighted by Gasteiger charge is 2.37. The van der Waals surface area contributed by atoms with Crippen molar-refractivity contribution in [3.05, 3.63) is 129 Å². The second kappa shape index (κ2) is 12.2. The second-order valence-corrected chi connectivity index (χ2v) is 9.79. The van der Waals surface area contributed by atoms with E-state index < -0.39 is 17.8 Å². The number of hydrogen-bond donors (Lipinski definition) is 1. The first kappa shape index (κ1) is 27.9. The fourth-order valence-corrected chi connectivity index (χ4v) is 4.62. The van der Waals surface area contributed by atoms with E-state index in [0.29, 0.717) is 17.9 Å². The van der Waals surface area contributed by atoms with Crippen molar-refractivity contribution in [3.8, 4) is 11.5 Å². The minimum absolute atomic E-state index is 0.0290. The molecule has 1 N–H and O–H groups in total. The van der Waals surface area contributed by atoms with E-state index in [-0.39, 0.29) is 45.0 Å². The molecule has 1 aliphatic rings. The van der Waals surface area contributed by atoms with E-state index in [4.69, 9.17) is 32.7 Å². The zero-order chi connectivity index (χ0) is 28.9. The lowest BCUT2D eigenvalue weighted by molar-refractivity contribution is -0.122. The van der Waals surface area contributed by atoms with Crippen molar-refractivity contribution >= 4 is 52.8 Å². The van der Waals surface area contributed by atoms with Crippen LogP contribution in [0.1, 0.15) is 16.7 Å². The minimum atomic E-state index is -0.896. The summed E-state index contributed by atoms with van der Waals surface area (Å²) in [5.74, 6) is -1.45. The van der Waals surface area contributed by atoms with Gasteiger partial charge in [0.1, 0.15) is 36.1 Å². The largest absolute Gasteiger partial charge is 0.489 e. The molecule has 1 fully saturated rings. The number of rotatable bonds is 8. The summed E-state index contributed by atoms with van der Waals surface area (Å²) in [7, 11) is 0. The van der Waals surface area contributed by atoms with E-state index in [2.05, 4.69) is 5.32 Å². The van der Waals surface area contributed by atoms with E-state index in [1.807, 2.05) is 30.3 Å². The number of nitrogens with zero attached hydrogens (tertiary/aromatic N) is 1. The Morgan fingerprint density at radius 2 is 1.46 bits per heavy atom. The van der Waals surface area contributed by atoms with E-state index in [1.165, 1.54) is 30.3 Å². The number of benzene rings is 4. The molecule has 41 heavy (non-hydrogen) atoms. The van der Waals surface area contributed by atoms with Gasteiger partial charge in [-0.1, -0.05) is 65.7 Å². The Kier molecular flexibility index (Phi) is 8.33. The van der Waals surface area contributed by atoms with Crippen molar-refractivity contribution in [3.63, 3.8) is 0 Å². The molecule has 0 spiro atoms. The normalized spacial score (nSPS) is 14.3. The summed E-state index contributed by atoms with van der Waals surface area (Å²) in [4.78, 5) is 39.7. The van der Waals surface area contributed by atoms with Crippen LogP contribution in [0.25, 0.3) is 6.08 Å². The van der Waals surface area contributed by atoms with Crippen molar-refractivity contribution < 1.29 is 28.2 Å². The summed E-state index contributed by atoms with van der Waals surface area (Å²) in [6.07, 6.45) is 1.26. The lowest BCUT2D eigenvalue weighted by Gasteiger charge is -2.26. The van der Waals surface area contributed by atoms with Gasteiger partial charge in [0.2, 0.25) is 0 Å². The molecule has 206 valence electrons. The number of nitrogens with one attached hydrogen (secondary N) is 1. The molecule has 0 aliphatic carbocycles. The topological polar surface area (TPSA) is 84.9 Å². The van der Waals surface area contributed by atoms with Crippen LogP contribution >= 0.6 is 23.2 Å². The van der Waals surface area contributed by atoms with Crippen LogP contribution in [0.4, 0.5) is 14.9 Å². The van der Waals surface area contributed by atoms with Gasteiger partial charge in [0.25, 0.3) is 11.8 Å². The van der Waals surface area contributed by atoms with Gasteiger partial charge in [-0.25, -0.2) is 14.1 Å². The van der Waals surface area contributed by atoms with Crippen LogP contribution in [-0.2, 0) is 22.8 Å². The smallest absolute Gasteiger partial charge is 0.335 e. The third-order valence-corrected chi connectivity index (χ3v) is 6.58. The van der Waals surface area contributed by atoms with E-state index in [9.17, 15) is 18.8 Å². The van der Waals surface area contributed by atoms with Crippen LogP contribution in [0, 0.1) is 5.82 Å².